The van der Waals surface area contributed by atoms with Gasteiger partial charge in [0, 0.05) is 31.6 Å². The Hall–Kier alpha value is -2.24. The summed E-state index contributed by atoms with van der Waals surface area (Å²) in [5.74, 6) is -0.839. The van der Waals surface area contributed by atoms with Crippen LogP contribution in [0.4, 0.5) is 0 Å². The maximum Gasteiger partial charge on any atom is 0.251 e. The topological polar surface area (TPSA) is 98.7 Å². The van der Waals surface area contributed by atoms with Crippen LogP contribution in [0.25, 0.3) is 0 Å². The van der Waals surface area contributed by atoms with Gasteiger partial charge in [-0.05, 0) is 18.6 Å². The number of phenols is 2. The number of benzene rings is 1. The molecule has 0 radical (unpaired) electrons. The Morgan fingerprint density at radius 2 is 1.78 bits per heavy atom. The van der Waals surface area contributed by atoms with E-state index >= 15 is 0 Å². The normalized spacial score (nSPS) is 9.83. The first kappa shape index (κ1) is 13.8. The van der Waals surface area contributed by atoms with Gasteiger partial charge in [0.05, 0.1) is 0 Å². The number of aromatic hydroxyl groups is 2. The molecule has 1 aromatic rings. The first-order chi connectivity index (χ1) is 8.52. The predicted molar refractivity (Wildman–Crippen MR) is 65.4 cm³/mol. The zero-order valence-electron chi connectivity index (χ0n) is 10.1. The molecular formula is C12H16N2O4. The SMILES string of the molecule is CNC(=O)CCCNC(=O)c1cc(O)cc(O)c1. The monoisotopic (exact) mass is 252 g/mol. The summed E-state index contributed by atoms with van der Waals surface area (Å²) in [4.78, 5) is 22.6. The van der Waals surface area contributed by atoms with E-state index in [0.29, 0.717) is 19.4 Å². The van der Waals surface area contributed by atoms with Crippen LogP contribution in [0.3, 0.4) is 0 Å². The highest BCUT2D eigenvalue weighted by atomic mass is 16.3. The number of nitrogens with one attached hydrogen (secondary N) is 2. The van der Waals surface area contributed by atoms with Crippen molar-refractivity contribution >= 4 is 11.8 Å². The highest BCUT2D eigenvalue weighted by Gasteiger charge is 2.08. The first-order valence-electron chi connectivity index (χ1n) is 5.54. The Labute approximate surface area is 105 Å². The molecule has 0 aromatic heterocycles. The molecule has 0 heterocycles. The molecule has 6 heteroatoms. The van der Waals surface area contributed by atoms with Gasteiger partial charge >= 0.3 is 0 Å². The third-order valence-electron chi connectivity index (χ3n) is 2.31. The Kier molecular flexibility index (Phi) is 4.98. The van der Waals surface area contributed by atoms with Crippen LogP contribution in [0, 0.1) is 0 Å². The molecular weight excluding hydrogens is 236 g/mol. The first-order valence-corrected chi connectivity index (χ1v) is 5.54. The molecule has 0 bridgehead atoms. The summed E-state index contributed by atoms with van der Waals surface area (Å²) >= 11 is 0. The number of hydrogen-bond donors (Lipinski definition) is 4. The van der Waals surface area contributed by atoms with Crippen molar-refractivity contribution in [2.75, 3.05) is 13.6 Å². The van der Waals surface area contributed by atoms with Gasteiger partial charge in [-0.1, -0.05) is 0 Å². The number of phenolic OH excluding ortho intramolecular Hbond substituents is 2. The molecule has 0 atom stereocenters. The maximum absolute atomic E-state index is 11.6. The van der Waals surface area contributed by atoms with Crippen LogP contribution in [-0.2, 0) is 4.79 Å². The summed E-state index contributed by atoms with van der Waals surface area (Å²) in [6.45, 7) is 0.350. The van der Waals surface area contributed by atoms with Crippen molar-refractivity contribution in [3.05, 3.63) is 23.8 Å². The van der Waals surface area contributed by atoms with Gasteiger partial charge in [-0.2, -0.15) is 0 Å². The van der Waals surface area contributed by atoms with Crippen molar-refractivity contribution in [1.29, 1.82) is 0 Å². The molecule has 0 saturated carbocycles. The third-order valence-corrected chi connectivity index (χ3v) is 2.31. The molecule has 0 aliphatic rings. The number of amides is 2. The Morgan fingerprint density at radius 3 is 2.33 bits per heavy atom. The van der Waals surface area contributed by atoms with E-state index in [4.69, 9.17) is 0 Å². The minimum absolute atomic E-state index is 0.0840. The summed E-state index contributed by atoms with van der Waals surface area (Å²) in [6, 6.07) is 3.66. The lowest BCUT2D eigenvalue weighted by molar-refractivity contribution is -0.120. The lowest BCUT2D eigenvalue weighted by atomic mass is 10.2. The van der Waals surface area contributed by atoms with Gasteiger partial charge in [0.1, 0.15) is 11.5 Å². The molecule has 0 saturated heterocycles. The van der Waals surface area contributed by atoms with E-state index in [0.717, 1.165) is 6.07 Å². The van der Waals surface area contributed by atoms with E-state index in [1.165, 1.54) is 12.1 Å². The fraction of sp³-hybridized carbons (Fsp3) is 0.333. The van der Waals surface area contributed by atoms with E-state index in [9.17, 15) is 19.8 Å². The number of carbonyl (C=O) groups is 2. The Balaban J connectivity index is 2.43. The second kappa shape index (κ2) is 6.48. The molecule has 18 heavy (non-hydrogen) atoms. The van der Waals surface area contributed by atoms with Crippen molar-refractivity contribution < 1.29 is 19.8 Å². The minimum Gasteiger partial charge on any atom is -0.508 e. The van der Waals surface area contributed by atoms with E-state index in [1.54, 1.807) is 7.05 Å². The van der Waals surface area contributed by atoms with Gasteiger partial charge < -0.3 is 20.8 Å². The van der Waals surface area contributed by atoms with Gasteiger partial charge in [-0.3, -0.25) is 9.59 Å². The molecule has 0 aliphatic carbocycles. The van der Waals surface area contributed by atoms with Crippen molar-refractivity contribution in [3.63, 3.8) is 0 Å². The smallest absolute Gasteiger partial charge is 0.251 e. The second-order valence-electron chi connectivity index (χ2n) is 3.77. The molecule has 0 aliphatic heterocycles. The largest absolute Gasteiger partial charge is 0.508 e. The summed E-state index contributed by atoms with van der Waals surface area (Å²) in [5.41, 5.74) is 0.174. The predicted octanol–water partition coefficient (Wildman–Crippen LogP) is 0.354. The Bertz CT molecular complexity index is 425. The van der Waals surface area contributed by atoms with Crippen LogP contribution in [0.15, 0.2) is 18.2 Å². The van der Waals surface area contributed by atoms with E-state index < -0.39 is 5.91 Å². The van der Waals surface area contributed by atoms with E-state index in [2.05, 4.69) is 10.6 Å². The van der Waals surface area contributed by atoms with Crippen LogP contribution >= 0.6 is 0 Å². The third kappa shape index (κ3) is 4.32. The van der Waals surface area contributed by atoms with Gasteiger partial charge in [0.2, 0.25) is 5.91 Å². The van der Waals surface area contributed by atoms with Crippen LogP contribution in [0.2, 0.25) is 0 Å². The van der Waals surface area contributed by atoms with Crippen molar-refractivity contribution in [3.8, 4) is 11.5 Å². The summed E-state index contributed by atoms with van der Waals surface area (Å²) in [7, 11) is 1.55. The van der Waals surface area contributed by atoms with Crippen LogP contribution in [0.1, 0.15) is 23.2 Å². The molecule has 98 valence electrons. The zero-order chi connectivity index (χ0) is 13.5. The van der Waals surface area contributed by atoms with Gasteiger partial charge in [0.15, 0.2) is 0 Å². The highest BCUT2D eigenvalue weighted by molar-refractivity contribution is 5.95. The quantitative estimate of drug-likeness (QED) is 0.568. The molecule has 0 unspecified atom stereocenters. The number of carbonyl (C=O) groups excluding carboxylic acids is 2. The average molecular weight is 252 g/mol. The van der Waals surface area contributed by atoms with E-state index in [1.807, 2.05) is 0 Å². The van der Waals surface area contributed by atoms with Gasteiger partial charge in [-0.25, -0.2) is 0 Å². The Morgan fingerprint density at radius 1 is 1.17 bits per heavy atom. The molecule has 4 N–H and O–H groups in total. The number of rotatable bonds is 5. The average Bonchev–Trinajstić information content (AvgIpc) is 2.32. The standard InChI is InChI=1S/C12H16N2O4/c1-13-11(17)3-2-4-14-12(18)8-5-9(15)7-10(16)6-8/h5-7,15-16H,2-4H2,1H3,(H,13,17)(H,14,18). The highest BCUT2D eigenvalue weighted by Crippen LogP contribution is 2.20. The molecule has 1 rings (SSSR count). The maximum atomic E-state index is 11.6. The van der Waals surface area contributed by atoms with Crippen molar-refractivity contribution in [2.24, 2.45) is 0 Å². The van der Waals surface area contributed by atoms with Gasteiger partial charge in [0.25, 0.3) is 5.91 Å². The van der Waals surface area contributed by atoms with Crippen molar-refractivity contribution in [2.45, 2.75) is 12.8 Å². The van der Waals surface area contributed by atoms with Gasteiger partial charge in [-0.15, -0.1) is 0 Å². The zero-order valence-corrected chi connectivity index (χ0v) is 10.1. The second-order valence-corrected chi connectivity index (χ2v) is 3.77. The lowest BCUT2D eigenvalue weighted by Crippen LogP contribution is -2.26. The molecule has 2 amide bonds. The minimum atomic E-state index is -0.405. The molecule has 6 nitrogen and oxygen atoms in total. The van der Waals surface area contributed by atoms with Crippen LogP contribution in [-0.4, -0.2) is 35.6 Å². The molecule has 0 spiro atoms. The van der Waals surface area contributed by atoms with E-state index in [-0.39, 0.29) is 23.0 Å². The summed E-state index contributed by atoms with van der Waals surface area (Å²) < 4.78 is 0. The molecule has 0 fully saturated rings. The summed E-state index contributed by atoms with van der Waals surface area (Å²) in [5, 5.41) is 23.5. The van der Waals surface area contributed by atoms with Crippen LogP contribution in [0.5, 0.6) is 11.5 Å². The summed E-state index contributed by atoms with van der Waals surface area (Å²) in [6.07, 6.45) is 0.859. The van der Waals surface area contributed by atoms with Crippen LogP contribution < -0.4 is 10.6 Å². The van der Waals surface area contributed by atoms with Crippen molar-refractivity contribution in [1.82, 2.24) is 10.6 Å². The lowest BCUT2D eigenvalue weighted by Gasteiger charge is -2.06. The molecule has 1 aromatic carbocycles. The fourth-order valence-electron chi connectivity index (χ4n) is 1.40. The number of hydrogen-bond acceptors (Lipinski definition) is 4. The fourth-order valence-corrected chi connectivity index (χ4v) is 1.40.